The first kappa shape index (κ1) is 9.82. The first-order valence-electron chi connectivity index (χ1n) is 5.69. The average molecular weight is 218 g/mol. The molecule has 1 fully saturated rings. The molecule has 3 rings (SSSR count). The van der Waals surface area contributed by atoms with Crippen molar-refractivity contribution in [3.63, 3.8) is 0 Å². The van der Waals surface area contributed by atoms with Crippen LogP contribution in [0.1, 0.15) is 35.8 Å². The molecular weight excluding hydrogens is 204 g/mol. The summed E-state index contributed by atoms with van der Waals surface area (Å²) in [5.74, 6) is 0. The third-order valence-corrected chi connectivity index (χ3v) is 3.36. The molecule has 0 aliphatic carbocycles. The molecule has 5 nitrogen and oxygen atoms in total. The molecule has 1 aromatic rings. The third-order valence-electron chi connectivity index (χ3n) is 3.36. The van der Waals surface area contributed by atoms with E-state index < -0.39 is 0 Å². The fourth-order valence-electron chi connectivity index (χ4n) is 2.50. The molecule has 0 atom stereocenters. The van der Waals surface area contributed by atoms with Gasteiger partial charge >= 0.3 is 0 Å². The predicted molar refractivity (Wildman–Crippen MR) is 56.6 cm³/mol. The highest BCUT2D eigenvalue weighted by atomic mass is 16.5. The van der Waals surface area contributed by atoms with Crippen molar-refractivity contribution in [3.8, 4) is 6.07 Å². The van der Waals surface area contributed by atoms with Crippen LogP contribution in [0.15, 0.2) is 0 Å². The molecule has 1 saturated heterocycles. The molecule has 1 N–H and O–H groups in total. The van der Waals surface area contributed by atoms with Crippen LogP contribution in [0.25, 0.3) is 0 Å². The van der Waals surface area contributed by atoms with Gasteiger partial charge in [-0.15, -0.1) is 0 Å². The summed E-state index contributed by atoms with van der Waals surface area (Å²) in [7, 11) is 0. The summed E-state index contributed by atoms with van der Waals surface area (Å²) in [6, 6.07) is 2.59. The number of nitriles is 1. The zero-order valence-corrected chi connectivity index (χ0v) is 9.07. The molecule has 84 valence electrons. The van der Waals surface area contributed by atoms with Gasteiger partial charge in [0, 0.05) is 31.9 Å². The molecule has 1 aromatic heterocycles. The number of aromatic nitrogens is 2. The second kappa shape index (κ2) is 3.89. The Morgan fingerprint density at radius 1 is 1.38 bits per heavy atom. The van der Waals surface area contributed by atoms with E-state index in [1.54, 1.807) is 0 Å². The summed E-state index contributed by atoms with van der Waals surface area (Å²) >= 11 is 0. The maximum Gasteiger partial charge on any atom is 0.167 e. The predicted octanol–water partition coefficient (Wildman–Crippen LogP) is 0.709. The van der Waals surface area contributed by atoms with Crippen molar-refractivity contribution >= 4 is 0 Å². The minimum Gasteiger partial charge on any atom is -0.381 e. The smallest absolute Gasteiger partial charge is 0.167 e. The maximum atomic E-state index is 9.04. The van der Waals surface area contributed by atoms with Crippen molar-refractivity contribution in [3.05, 3.63) is 17.0 Å². The Balaban J connectivity index is 1.98. The van der Waals surface area contributed by atoms with Crippen molar-refractivity contribution in [2.75, 3.05) is 13.2 Å². The summed E-state index contributed by atoms with van der Waals surface area (Å²) in [6.45, 7) is 3.21. The molecule has 2 aliphatic heterocycles. The van der Waals surface area contributed by atoms with Gasteiger partial charge in [-0.05, 0) is 12.8 Å². The van der Waals surface area contributed by atoms with Crippen molar-refractivity contribution < 1.29 is 4.74 Å². The standard InChI is InChI=1S/C11H14N4O/c12-5-10-9-6-13-7-11(9)15(14-10)8-1-3-16-4-2-8/h8,13H,1-4,6-7H2. The number of hydrogen-bond acceptors (Lipinski definition) is 4. The number of ether oxygens (including phenoxy) is 1. The largest absolute Gasteiger partial charge is 0.381 e. The van der Waals surface area contributed by atoms with Crippen molar-refractivity contribution in [1.82, 2.24) is 15.1 Å². The molecule has 0 saturated carbocycles. The van der Waals surface area contributed by atoms with Crippen LogP contribution >= 0.6 is 0 Å². The lowest BCUT2D eigenvalue weighted by Crippen LogP contribution is -2.22. The molecule has 5 heteroatoms. The van der Waals surface area contributed by atoms with Gasteiger partial charge in [0.15, 0.2) is 5.69 Å². The van der Waals surface area contributed by atoms with Crippen molar-refractivity contribution in [2.24, 2.45) is 0 Å². The van der Waals surface area contributed by atoms with Crippen LogP contribution in [0.5, 0.6) is 0 Å². The molecule has 2 aliphatic rings. The molecule has 0 aromatic carbocycles. The van der Waals surface area contributed by atoms with Crippen molar-refractivity contribution in [1.29, 1.82) is 5.26 Å². The lowest BCUT2D eigenvalue weighted by molar-refractivity contribution is 0.0654. The number of nitrogens with zero attached hydrogens (tertiary/aromatic N) is 3. The lowest BCUT2D eigenvalue weighted by Gasteiger charge is -2.23. The second-order valence-electron chi connectivity index (χ2n) is 4.28. The highest BCUT2D eigenvalue weighted by Crippen LogP contribution is 2.27. The SMILES string of the molecule is N#Cc1nn(C2CCOCC2)c2c1CNC2. The van der Waals surface area contributed by atoms with Gasteiger partial charge in [-0.3, -0.25) is 4.68 Å². The Morgan fingerprint density at radius 2 is 2.19 bits per heavy atom. The minimum atomic E-state index is 0.407. The summed E-state index contributed by atoms with van der Waals surface area (Å²) in [5, 5.41) is 16.7. The van der Waals surface area contributed by atoms with Gasteiger partial charge in [0.05, 0.1) is 11.7 Å². The van der Waals surface area contributed by atoms with E-state index >= 15 is 0 Å². The molecule has 0 bridgehead atoms. The Kier molecular flexibility index (Phi) is 2.39. The van der Waals surface area contributed by atoms with E-state index in [-0.39, 0.29) is 0 Å². The highest BCUT2D eigenvalue weighted by molar-refractivity contribution is 5.37. The normalized spacial score (nSPS) is 20.7. The maximum absolute atomic E-state index is 9.04. The second-order valence-corrected chi connectivity index (χ2v) is 4.28. The quantitative estimate of drug-likeness (QED) is 0.754. The topological polar surface area (TPSA) is 62.9 Å². The summed E-state index contributed by atoms with van der Waals surface area (Å²) < 4.78 is 7.40. The fourth-order valence-corrected chi connectivity index (χ4v) is 2.50. The van der Waals surface area contributed by atoms with E-state index in [1.807, 2.05) is 0 Å². The van der Waals surface area contributed by atoms with E-state index in [0.29, 0.717) is 11.7 Å². The average Bonchev–Trinajstić information content (AvgIpc) is 2.91. The first-order chi connectivity index (χ1) is 7.90. The van der Waals surface area contributed by atoms with Gasteiger partial charge in [0.2, 0.25) is 0 Å². The van der Waals surface area contributed by atoms with Crippen LogP contribution < -0.4 is 5.32 Å². The summed E-state index contributed by atoms with van der Waals surface area (Å²) in [6.07, 6.45) is 2.00. The monoisotopic (exact) mass is 218 g/mol. The molecule has 3 heterocycles. The van der Waals surface area contributed by atoms with E-state index in [9.17, 15) is 0 Å². The van der Waals surface area contributed by atoms with E-state index in [4.69, 9.17) is 10.00 Å². The van der Waals surface area contributed by atoms with Crippen LogP contribution in [0.2, 0.25) is 0 Å². The fraction of sp³-hybridized carbons (Fsp3) is 0.636. The van der Waals surface area contributed by atoms with E-state index in [1.165, 1.54) is 5.69 Å². The molecule has 0 spiro atoms. The summed E-state index contributed by atoms with van der Waals surface area (Å²) in [5.41, 5.74) is 2.88. The molecular formula is C11H14N4O. The Labute approximate surface area is 94.0 Å². The molecule has 0 radical (unpaired) electrons. The number of fused-ring (bicyclic) bond motifs is 1. The minimum absolute atomic E-state index is 0.407. The highest BCUT2D eigenvalue weighted by Gasteiger charge is 2.26. The number of nitrogens with one attached hydrogen (secondary N) is 1. The molecule has 16 heavy (non-hydrogen) atoms. The van der Waals surface area contributed by atoms with Gasteiger partial charge in [-0.2, -0.15) is 10.4 Å². The Bertz CT molecular complexity index is 440. The third kappa shape index (κ3) is 1.42. The van der Waals surface area contributed by atoms with Crippen LogP contribution in [0.3, 0.4) is 0 Å². The number of hydrogen-bond donors (Lipinski definition) is 1. The van der Waals surface area contributed by atoms with Crippen LogP contribution in [0.4, 0.5) is 0 Å². The van der Waals surface area contributed by atoms with Crippen LogP contribution in [-0.2, 0) is 17.8 Å². The van der Waals surface area contributed by atoms with Crippen molar-refractivity contribution in [2.45, 2.75) is 32.0 Å². The van der Waals surface area contributed by atoms with Crippen LogP contribution in [-0.4, -0.2) is 23.0 Å². The first-order valence-corrected chi connectivity index (χ1v) is 5.69. The van der Waals surface area contributed by atoms with Gasteiger partial charge in [-0.1, -0.05) is 0 Å². The van der Waals surface area contributed by atoms with Gasteiger partial charge in [0.1, 0.15) is 6.07 Å². The zero-order chi connectivity index (χ0) is 11.0. The van der Waals surface area contributed by atoms with E-state index in [2.05, 4.69) is 21.2 Å². The van der Waals surface area contributed by atoms with E-state index in [0.717, 1.165) is 44.7 Å². The Morgan fingerprint density at radius 3 is 2.94 bits per heavy atom. The van der Waals surface area contributed by atoms with Gasteiger partial charge in [0.25, 0.3) is 0 Å². The lowest BCUT2D eigenvalue weighted by atomic mass is 10.1. The van der Waals surface area contributed by atoms with Gasteiger partial charge in [-0.25, -0.2) is 0 Å². The number of rotatable bonds is 1. The van der Waals surface area contributed by atoms with Crippen LogP contribution in [0, 0.1) is 11.3 Å². The molecule has 0 unspecified atom stereocenters. The Hall–Kier alpha value is -1.38. The zero-order valence-electron chi connectivity index (χ0n) is 9.07. The summed E-state index contributed by atoms with van der Waals surface area (Å²) in [4.78, 5) is 0. The molecule has 0 amide bonds. The van der Waals surface area contributed by atoms with Gasteiger partial charge < -0.3 is 10.1 Å².